The number of nitrogens with two attached hydrogens (primary N) is 1. The third-order valence-electron chi connectivity index (χ3n) is 3.19. The van der Waals surface area contributed by atoms with Crippen LogP contribution in [0.2, 0.25) is 5.02 Å². The Morgan fingerprint density at radius 3 is 2.38 bits per heavy atom. The lowest BCUT2D eigenvalue weighted by Gasteiger charge is -2.10. The summed E-state index contributed by atoms with van der Waals surface area (Å²) in [7, 11) is -4.18. The van der Waals surface area contributed by atoms with Crippen LogP contribution in [-0.4, -0.2) is 25.1 Å². The smallest absolute Gasteiger partial charge is 0.294 e. The van der Waals surface area contributed by atoms with Gasteiger partial charge in [0.2, 0.25) is 10.0 Å². The molecule has 2 rings (SSSR count). The number of hydrogen-bond acceptors (Lipinski definition) is 6. The second-order valence-corrected chi connectivity index (χ2v) is 6.83. The predicted octanol–water partition coefficient (Wildman–Crippen LogP) is 2.17. The minimum Gasteiger partial charge on any atom is -0.396 e. The quantitative estimate of drug-likeness (QED) is 0.526. The third kappa shape index (κ3) is 4.20. The van der Waals surface area contributed by atoms with Crippen molar-refractivity contribution < 1.29 is 18.4 Å². The molecule has 0 aromatic heterocycles. The van der Waals surface area contributed by atoms with Crippen molar-refractivity contribution in [1.29, 1.82) is 0 Å². The molecular formula is C14H14ClN3O5S. The van der Waals surface area contributed by atoms with Crippen molar-refractivity contribution in [2.75, 3.05) is 11.9 Å². The van der Waals surface area contributed by atoms with E-state index in [-0.39, 0.29) is 17.3 Å². The number of aliphatic hydroxyl groups excluding tert-OH is 1. The molecule has 0 radical (unpaired) electrons. The molecule has 8 nitrogen and oxygen atoms in total. The van der Waals surface area contributed by atoms with Crippen LogP contribution in [0.25, 0.3) is 0 Å². The first-order valence-electron chi connectivity index (χ1n) is 6.70. The molecule has 0 atom stereocenters. The lowest BCUT2D eigenvalue weighted by Crippen LogP contribution is -2.13. The number of nitro benzene ring substituents is 1. The van der Waals surface area contributed by atoms with Gasteiger partial charge in [0.15, 0.2) is 0 Å². The zero-order valence-corrected chi connectivity index (χ0v) is 13.8. The van der Waals surface area contributed by atoms with Crippen LogP contribution >= 0.6 is 11.6 Å². The molecule has 0 aliphatic carbocycles. The fourth-order valence-electron chi connectivity index (χ4n) is 2.05. The number of anilines is 2. The molecule has 0 saturated carbocycles. The molecule has 0 bridgehead atoms. The lowest BCUT2D eigenvalue weighted by molar-refractivity contribution is -0.384. The number of halogens is 1. The van der Waals surface area contributed by atoms with Crippen LogP contribution < -0.4 is 10.5 Å². The topological polar surface area (TPSA) is 136 Å². The van der Waals surface area contributed by atoms with Crippen molar-refractivity contribution in [3.63, 3.8) is 0 Å². The van der Waals surface area contributed by atoms with Crippen LogP contribution in [0, 0.1) is 10.1 Å². The highest BCUT2D eigenvalue weighted by molar-refractivity contribution is 7.89. The van der Waals surface area contributed by atoms with E-state index in [9.17, 15) is 18.5 Å². The highest BCUT2D eigenvalue weighted by Crippen LogP contribution is 2.35. The maximum atomic E-state index is 11.4. The SMILES string of the molecule is NS(=O)(=O)c1cc([N+](=O)[O-])c(Nc2ccc(CCO)cc2)cc1Cl. The van der Waals surface area contributed by atoms with Crippen molar-refractivity contribution in [2.45, 2.75) is 11.3 Å². The largest absolute Gasteiger partial charge is 0.396 e. The Bertz CT molecular complexity index is 869. The normalized spacial score (nSPS) is 11.3. The van der Waals surface area contributed by atoms with E-state index in [4.69, 9.17) is 21.8 Å². The number of nitrogens with one attached hydrogen (secondary N) is 1. The zero-order valence-electron chi connectivity index (χ0n) is 12.3. The summed E-state index contributed by atoms with van der Waals surface area (Å²) in [6.07, 6.45) is 0.495. The molecule has 0 fully saturated rings. The Labute approximate surface area is 143 Å². The van der Waals surface area contributed by atoms with Gasteiger partial charge in [0, 0.05) is 18.4 Å². The van der Waals surface area contributed by atoms with E-state index in [1.807, 2.05) is 0 Å². The number of aliphatic hydroxyl groups is 1. The van der Waals surface area contributed by atoms with Gasteiger partial charge < -0.3 is 10.4 Å². The van der Waals surface area contributed by atoms with Gasteiger partial charge in [-0.05, 0) is 30.2 Å². The van der Waals surface area contributed by atoms with Crippen LogP contribution in [-0.2, 0) is 16.4 Å². The van der Waals surface area contributed by atoms with Crippen LogP contribution in [0.4, 0.5) is 17.1 Å². The lowest BCUT2D eigenvalue weighted by atomic mass is 10.1. The Hall–Kier alpha value is -2.20. The molecule has 0 spiro atoms. The molecule has 0 saturated heterocycles. The first kappa shape index (κ1) is 18.1. The fourth-order valence-corrected chi connectivity index (χ4v) is 3.14. The first-order valence-corrected chi connectivity index (χ1v) is 8.62. The van der Waals surface area contributed by atoms with Crippen molar-refractivity contribution in [3.8, 4) is 0 Å². The second kappa shape index (κ2) is 7.14. The van der Waals surface area contributed by atoms with E-state index in [0.29, 0.717) is 12.1 Å². The summed E-state index contributed by atoms with van der Waals surface area (Å²) >= 11 is 5.87. The standard InChI is InChI=1S/C14H14ClN3O5S/c15-11-7-12(13(18(20)21)8-14(11)24(16,22)23)17-10-3-1-9(2-4-10)5-6-19/h1-4,7-8,17,19H,5-6H2,(H2,16,22,23). The van der Waals surface area contributed by atoms with E-state index in [2.05, 4.69) is 5.32 Å². The van der Waals surface area contributed by atoms with Crippen molar-refractivity contribution >= 4 is 38.7 Å². The molecule has 10 heteroatoms. The van der Waals surface area contributed by atoms with E-state index in [1.54, 1.807) is 24.3 Å². The molecule has 2 aromatic carbocycles. The summed E-state index contributed by atoms with van der Waals surface area (Å²) in [4.78, 5) is 9.96. The number of benzene rings is 2. The Kier molecular flexibility index (Phi) is 5.40. The maximum absolute atomic E-state index is 11.4. The molecule has 0 heterocycles. The number of nitrogens with zero attached hydrogens (tertiary/aromatic N) is 1. The zero-order chi connectivity index (χ0) is 17.9. The molecule has 4 N–H and O–H groups in total. The predicted molar refractivity (Wildman–Crippen MR) is 90.0 cm³/mol. The average molecular weight is 372 g/mol. The number of hydrogen-bond donors (Lipinski definition) is 3. The summed E-state index contributed by atoms with van der Waals surface area (Å²) in [5, 5.41) is 27.7. The third-order valence-corrected chi connectivity index (χ3v) is 4.56. The van der Waals surface area contributed by atoms with Crippen molar-refractivity contribution in [3.05, 3.63) is 57.1 Å². The number of rotatable bonds is 6. The number of sulfonamides is 1. The molecule has 0 unspecified atom stereocenters. The molecular weight excluding hydrogens is 358 g/mol. The molecule has 0 amide bonds. The summed E-state index contributed by atoms with van der Waals surface area (Å²) in [6.45, 7) is 0.0167. The molecule has 24 heavy (non-hydrogen) atoms. The van der Waals surface area contributed by atoms with Crippen LogP contribution in [0.1, 0.15) is 5.56 Å². The van der Waals surface area contributed by atoms with Gasteiger partial charge in [-0.2, -0.15) is 0 Å². The van der Waals surface area contributed by atoms with Gasteiger partial charge >= 0.3 is 0 Å². The van der Waals surface area contributed by atoms with Crippen molar-refractivity contribution in [2.24, 2.45) is 5.14 Å². The molecule has 0 aliphatic heterocycles. The van der Waals surface area contributed by atoms with Gasteiger partial charge in [-0.1, -0.05) is 23.7 Å². The number of primary sulfonamides is 1. The summed E-state index contributed by atoms with van der Waals surface area (Å²) < 4.78 is 22.9. The van der Waals surface area contributed by atoms with E-state index in [0.717, 1.165) is 17.7 Å². The Balaban J connectivity index is 2.42. The van der Waals surface area contributed by atoms with E-state index >= 15 is 0 Å². The van der Waals surface area contributed by atoms with E-state index in [1.165, 1.54) is 0 Å². The van der Waals surface area contributed by atoms with E-state index < -0.39 is 25.5 Å². The van der Waals surface area contributed by atoms with Gasteiger partial charge in [0.05, 0.1) is 9.95 Å². The molecule has 128 valence electrons. The molecule has 2 aromatic rings. The van der Waals surface area contributed by atoms with Gasteiger partial charge in [0.25, 0.3) is 5.69 Å². The van der Waals surface area contributed by atoms with Gasteiger partial charge in [-0.15, -0.1) is 0 Å². The summed E-state index contributed by atoms with van der Waals surface area (Å²) in [6, 6.07) is 8.82. The van der Waals surface area contributed by atoms with Crippen LogP contribution in [0.5, 0.6) is 0 Å². The van der Waals surface area contributed by atoms with Gasteiger partial charge in [-0.3, -0.25) is 10.1 Å². The summed E-state index contributed by atoms with van der Waals surface area (Å²) in [5.41, 5.74) is 1.01. The second-order valence-electron chi connectivity index (χ2n) is 4.90. The Morgan fingerprint density at radius 2 is 1.88 bits per heavy atom. The minimum atomic E-state index is -4.18. The highest BCUT2D eigenvalue weighted by atomic mass is 35.5. The van der Waals surface area contributed by atoms with Crippen LogP contribution in [0.15, 0.2) is 41.3 Å². The van der Waals surface area contributed by atoms with Gasteiger partial charge in [-0.25, -0.2) is 13.6 Å². The monoisotopic (exact) mass is 371 g/mol. The van der Waals surface area contributed by atoms with Crippen LogP contribution in [0.3, 0.4) is 0 Å². The number of nitro groups is 1. The minimum absolute atomic E-state index is 0.0167. The fraction of sp³-hybridized carbons (Fsp3) is 0.143. The molecule has 0 aliphatic rings. The van der Waals surface area contributed by atoms with Crippen molar-refractivity contribution in [1.82, 2.24) is 0 Å². The average Bonchev–Trinajstić information content (AvgIpc) is 2.48. The first-order chi connectivity index (χ1) is 11.2. The maximum Gasteiger partial charge on any atom is 0.294 e. The highest BCUT2D eigenvalue weighted by Gasteiger charge is 2.23. The summed E-state index contributed by atoms with van der Waals surface area (Å²) in [5.74, 6) is 0. The van der Waals surface area contributed by atoms with Gasteiger partial charge in [0.1, 0.15) is 10.6 Å². The Morgan fingerprint density at radius 1 is 1.25 bits per heavy atom.